The predicted molar refractivity (Wildman–Crippen MR) is 66.4 cm³/mol. The summed E-state index contributed by atoms with van der Waals surface area (Å²) in [5, 5.41) is 0. The van der Waals surface area contributed by atoms with Gasteiger partial charge < -0.3 is 0 Å². The Balaban J connectivity index is 3.82. The van der Waals surface area contributed by atoms with E-state index in [0.717, 1.165) is 23.7 Å². The van der Waals surface area contributed by atoms with E-state index in [-0.39, 0.29) is 0 Å². The molecule has 0 nitrogen and oxygen atoms in total. The van der Waals surface area contributed by atoms with Crippen LogP contribution < -0.4 is 0 Å². The average Bonchev–Trinajstić information content (AvgIpc) is 2.15. The maximum Gasteiger partial charge on any atom is -0.0236 e. The topological polar surface area (TPSA) is 0 Å². The SMILES string of the molecule is CCC(C)C(C)C=CCC(C)C(C)C. The molecule has 0 aromatic carbocycles. The third-order valence-corrected chi connectivity index (χ3v) is 3.63. The quantitative estimate of drug-likeness (QED) is 0.530. The molecule has 0 bridgehead atoms. The molecule has 14 heavy (non-hydrogen) atoms. The summed E-state index contributed by atoms with van der Waals surface area (Å²) in [5.41, 5.74) is 0. The fourth-order valence-electron chi connectivity index (χ4n) is 1.34. The van der Waals surface area contributed by atoms with E-state index in [1.54, 1.807) is 0 Å². The molecule has 0 aliphatic heterocycles. The Kier molecular flexibility index (Phi) is 6.96. The minimum atomic E-state index is 0.736. The largest absolute Gasteiger partial charge is 0.0880 e. The van der Waals surface area contributed by atoms with Gasteiger partial charge in [0.05, 0.1) is 0 Å². The van der Waals surface area contributed by atoms with Crippen LogP contribution in [-0.4, -0.2) is 0 Å². The number of hydrogen-bond acceptors (Lipinski definition) is 0. The van der Waals surface area contributed by atoms with E-state index < -0.39 is 0 Å². The molecule has 0 N–H and O–H groups in total. The zero-order chi connectivity index (χ0) is 11.1. The van der Waals surface area contributed by atoms with Crippen molar-refractivity contribution >= 4 is 0 Å². The molecule has 0 spiro atoms. The molecule has 0 fully saturated rings. The Bertz CT molecular complexity index is 155. The van der Waals surface area contributed by atoms with Gasteiger partial charge in [-0.15, -0.1) is 0 Å². The van der Waals surface area contributed by atoms with Gasteiger partial charge >= 0.3 is 0 Å². The molecule has 0 radical (unpaired) electrons. The van der Waals surface area contributed by atoms with Crippen molar-refractivity contribution in [1.82, 2.24) is 0 Å². The monoisotopic (exact) mass is 196 g/mol. The molecule has 0 saturated heterocycles. The summed E-state index contributed by atoms with van der Waals surface area (Å²) in [6, 6.07) is 0. The van der Waals surface area contributed by atoms with E-state index in [0.29, 0.717) is 0 Å². The lowest BCUT2D eigenvalue weighted by Gasteiger charge is -2.15. The second-order valence-electron chi connectivity index (χ2n) is 5.13. The van der Waals surface area contributed by atoms with Gasteiger partial charge in [-0.1, -0.05) is 60.1 Å². The normalized spacial score (nSPS) is 18.8. The van der Waals surface area contributed by atoms with Crippen LogP contribution in [0.5, 0.6) is 0 Å². The van der Waals surface area contributed by atoms with E-state index in [1.165, 1.54) is 12.8 Å². The number of hydrogen-bond donors (Lipinski definition) is 0. The van der Waals surface area contributed by atoms with Crippen molar-refractivity contribution in [2.24, 2.45) is 23.7 Å². The Morgan fingerprint density at radius 2 is 1.50 bits per heavy atom. The average molecular weight is 196 g/mol. The van der Waals surface area contributed by atoms with E-state index in [4.69, 9.17) is 0 Å². The molecule has 0 amide bonds. The summed E-state index contributed by atoms with van der Waals surface area (Å²) in [4.78, 5) is 0. The molecular weight excluding hydrogens is 168 g/mol. The van der Waals surface area contributed by atoms with Crippen molar-refractivity contribution in [1.29, 1.82) is 0 Å². The minimum Gasteiger partial charge on any atom is -0.0880 e. The Labute approximate surface area is 90.8 Å². The predicted octanol–water partition coefficient (Wildman–Crippen LogP) is 4.91. The molecule has 0 aromatic rings. The van der Waals surface area contributed by atoms with Crippen LogP contribution in [0, 0.1) is 23.7 Å². The zero-order valence-electron chi connectivity index (χ0n) is 10.9. The standard InChI is InChI=1S/C14H28/c1-7-12(4)14(6)10-8-9-13(5)11(2)3/h8,10-14H,7,9H2,1-6H3. The lowest BCUT2D eigenvalue weighted by atomic mass is 9.90. The second-order valence-corrected chi connectivity index (χ2v) is 5.13. The van der Waals surface area contributed by atoms with E-state index in [1.807, 2.05) is 0 Å². The van der Waals surface area contributed by atoms with E-state index in [2.05, 4.69) is 53.7 Å². The number of rotatable bonds is 6. The highest BCUT2D eigenvalue weighted by molar-refractivity contribution is 4.89. The summed E-state index contributed by atoms with van der Waals surface area (Å²) in [7, 11) is 0. The van der Waals surface area contributed by atoms with Crippen molar-refractivity contribution in [2.45, 2.75) is 54.4 Å². The van der Waals surface area contributed by atoms with Crippen LogP contribution in [0.4, 0.5) is 0 Å². The first kappa shape index (κ1) is 13.7. The molecular formula is C14H28. The molecule has 0 aliphatic rings. The van der Waals surface area contributed by atoms with Crippen molar-refractivity contribution in [2.75, 3.05) is 0 Å². The molecule has 0 saturated carbocycles. The lowest BCUT2D eigenvalue weighted by Crippen LogP contribution is -2.05. The van der Waals surface area contributed by atoms with Crippen LogP contribution in [0.3, 0.4) is 0 Å². The summed E-state index contributed by atoms with van der Waals surface area (Å²) >= 11 is 0. The van der Waals surface area contributed by atoms with Gasteiger partial charge in [-0.3, -0.25) is 0 Å². The van der Waals surface area contributed by atoms with Crippen molar-refractivity contribution < 1.29 is 0 Å². The molecule has 3 atom stereocenters. The van der Waals surface area contributed by atoms with Crippen LogP contribution in [0.25, 0.3) is 0 Å². The van der Waals surface area contributed by atoms with E-state index in [9.17, 15) is 0 Å². The van der Waals surface area contributed by atoms with E-state index >= 15 is 0 Å². The summed E-state index contributed by atoms with van der Waals surface area (Å²) in [6.07, 6.45) is 7.29. The van der Waals surface area contributed by atoms with Gasteiger partial charge in [-0.25, -0.2) is 0 Å². The molecule has 0 aliphatic carbocycles. The zero-order valence-corrected chi connectivity index (χ0v) is 10.9. The highest BCUT2D eigenvalue weighted by atomic mass is 14.1. The summed E-state index contributed by atoms with van der Waals surface area (Å²) in [5.74, 6) is 3.17. The Morgan fingerprint density at radius 1 is 0.929 bits per heavy atom. The first-order valence-corrected chi connectivity index (χ1v) is 6.15. The van der Waals surface area contributed by atoms with Crippen LogP contribution in [0.2, 0.25) is 0 Å². The smallest absolute Gasteiger partial charge is 0.0236 e. The first-order valence-electron chi connectivity index (χ1n) is 6.15. The fraction of sp³-hybridized carbons (Fsp3) is 0.857. The van der Waals surface area contributed by atoms with Gasteiger partial charge in [0.25, 0.3) is 0 Å². The maximum absolute atomic E-state index is 2.40. The fourth-order valence-corrected chi connectivity index (χ4v) is 1.34. The van der Waals surface area contributed by atoms with Crippen LogP contribution in [0.15, 0.2) is 12.2 Å². The van der Waals surface area contributed by atoms with Crippen molar-refractivity contribution in [3.8, 4) is 0 Å². The minimum absolute atomic E-state index is 0.736. The highest BCUT2D eigenvalue weighted by Crippen LogP contribution is 2.18. The van der Waals surface area contributed by atoms with Crippen LogP contribution in [0.1, 0.15) is 54.4 Å². The van der Waals surface area contributed by atoms with Gasteiger partial charge in [0.15, 0.2) is 0 Å². The molecule has 0 heteroatoms. The lowest BCUT2D eigenvalue weighted by molar-refractivity contribution is 0.417. The summed E-state index contributed by atoms with van der Waals surface area (Å²) < 4.78 is 0. The molecule has 84 valence electrons. The third-order valence-electron chi connectivity index (χ3n) is 3.63. The molecule has 0 aromatic heterocycles. The second kappa shape index (κ2) is 7.09. The van der Waals surface area contributed by atoms with Gasteiger partial charge in [-0.2, -0.15) is 0 Å². The van der Waals surface area contributed by atoms with Crippen molar-refractivity contribution in [3.05, 3.63) is 12.2 Å². The third kappa shape index (κ3) is 5.47. The van der Waals surface area contributed by atoms with Gasteiger partial charge in [-0.05, 0) is 30.1 Å². The maximum atomic E-state index is 2.40. The molecule has 0 rings (SSSR count). The summed E-state index contributed by atoms with van der Waals surface area (Å²) in [6.45, 7) is 13.9. The molecule has 3 unspecified atom stereocenters. The van der Waals surface area contributed by atoms with Crippen molar-refractivity contribution in [3.63, 3.8) is 0 Å². The molecule has 0 heterocycles. The van der Waals surface area contributed by atoms with Gasteiger partial charge in [0.2, 0.25) is 0 Å². The van der Waals surface area contributed by atoms with Crippen LogP contribution >= 0.6 is 0 Å². The van der Waals surface area contributed by atoms with Crippen LogP contribution in [-0.2, 0) is 0 Å². The van der Waals surface area contributed by atoms with Gasteiger partial charge in [0.1, 0.15) is 0 Å². The highest BCUT2D eigenvalue weighted by Gasteiger charge is 2.07. The number of allylic oxidation sites excluding steroid dienone is 2. The Hall–Kier alpha value is -0.260. The first-order chi connectivity index (χ1) is 6.49. The Morgan fingerprint density at radius 3 is 1.93 bits per heavy atom. The van der Waals surface area contributed by atoms with Gasteiger partial charge in [0, 0.05) is 0 Å².